The van der Waals surface area contributed by atoms with E-state index in [-0.39, 0.29) is 0 Å². The number of carboxylic acid groups (broad SMARTS) is 1. The second-order valence-corrected chi connectivity index (χ2v) is 7.03. The third-order valence-electron chi connectivity index (χ3n) is 5.36. The van der Waals surface area contributed by atoms with Crippen LogP contribution in [0.1, 0.15) is 56.6 Å². The molecule has 0 aromatic heterocycles. The van der Waals surface area contributed by atoms with Gasteiger partial charge in [-0.1, -0.05) is 50.5 Å². The number of carboxylic acids is 1. The van der Waals surface area contributed by atoms with Crippen LogP contribution in [-0.4, -0.2) is 36.2 Å². The van der Waals surface area contributed by atoms with Crippen LogP contribution in [0.2, 0.25) is 0 Å². The van der Waals surface area contributed by atoms with Crippen LogP contribution >= 0.6 is 0 Å². The van der Waals surface area contributed by atoms with E-state index in [0.29, 0.717) is 18.9 Å². The summed E-state index contributed by atoms with van der Waals surface area (Å²) in [6, 6.07) is 9.12. The van der Waals surface area contributed by atoms with Crippen molar-refractivity contribution < 1.29 is 9.90 Å². The molecule has 1 aromatic carbocycles. The zero-order valence-corrected chi connectivity index (χ0v) is 15.1. The van der Waals surface area contributed by atoms with Gasteiger partial charge < -0.3 is 15.7 Å². The molecule has 134 valence electrons. The first-order chi connectivity index (χ1) is 11.6. The van der Waals surface area contributed by atoms with Crippen molar-refractivity contribution in [3.63, 3.8) is 0 Å². The number of nitrogens with one attached hydrogen (secondary N) is 2. The van der Waals surface area contributed by atoms with E-state index in [4.69, 9.17) is 0 Å². The zero-order valence-electron chi connectivity index (χ0n) is 15.1. The Bertz CT molecular complexity index is 507. The van der Waals surface area contributed by atoms with Crippen molar-refractivity contribution in [3.8, 4) is 0 Å². The molecule has 1 atom stereocenters. The molecule has 0 fully saturated rings. The van der Waals surface area contributed by atoms with Gasteiger partial charge in [0, 0.05) is 6.04 Å². The molecule has 2 rings (SSSR count). The number of benzene rings is 1. The van der Waals surface area contributed by atoms with Crippen molar-refractivity contribution in [2.75, 3.05) is 13.6 Å². The van der Waals surface area contributed by atoms with Gasteiger partial charge in [0.05, 0.1) is 0 Å². The molecule has 4 heteroatoms. The summed E-state index contributed by atoms with van der Waals surface area (Å²) >= 11 is 0. The van der Waals surface area contributed by atoms with Crippen LogP contribution in [0, 0.1) is 0 Å². The minimum absolute atomic E-state index is 0.497. The summed E-state index contributed by atoms with van der Waals surface area (Å²) < 4.78 is 0. The molecule has 4 nitrogen and oxygen atoms in total. The summed E-state index contributed by atoms with van der Waals surface area (Å²) in [5.41, 5.74) is 2.13. The number of unbranched alkanes of at least 4 members (excludes halogenated alkanes) is 2. The molecule has 0 spiro atoms. The van der Waals surface area contributed by atoms with Gasteiger partial charge in [0.1, 0.15) is 5.54 Å². The number of rotatable bonds is 11. The standard InChI is InChI=1S/C20H32N2O2/c1-3-4-7-11-20(21-2,19(23)24)12-8-13-22-18-14-16-9-5-6-10-17(16)15-18/h5-6,9-10,18,21-22H,3-4,7-8,11-15H2,1-2H3,(H,23,24). The fraction of sp³-hybridized carbons (Fsp3) is 0.650. The van der Waals surface area contributed by atoms with E-state index >= 15 is 0 Å². The highest BCUT2D eigenvalue weighted by molar-refractivity contribution is 5.78. The van der Waals surface area contributed by atoms with Crippen LogP contribution < -0.4 is 10.6 Å². The monoisotopic (exact) mass is 332 g/mol. The maximum Gasteiger partial charge on any atom is 0.323 e. The Hall–Kier alpha value is -1.39. The normalized spacial score (nSPS) is 16.8. The fourth-order valence-corrected chi connectivity index (χ4v) is 3.77. The third-order valence-corrected chi connectivity index (χ3v) is 5.36. The molecule has 0 radical (unpaired) electrons. The molecule has 0 saturated heterocycles. The second-order valence-electron chi connectivity index (χ2n) is 7.03. The Kier molecular flexibility index (Phi) is 7.25. The maximum absolute atomic E-state index is 11.8. The highest BCUT2D eigenvalue weighted by Gasteiger charge is 2.35. The van der Waals surface area contributed by atoms with Gasteiger partial charge in [0.15, 0.2) is 0 Å². The van der Waals surface area contributed by atoms with Crippen LogP contribution in [0.5, 0.6) is 0 Å². The van der Waals surface area contributed by atoms with Crippen LogP contribution in [0.3, 0.4) is 0 Å². The molecular weight excluding hydrogens is 300 g/mol. The Labute approximate surface area is 146 Å². The lowest BCUT2D eigenvalue weighted by Crippen LogP contribution is -2.50. The van der Waals surface area contributed by atoms with Crippen molar-refractivity contribution in [2.24, 2.45) is 0 Å². The van der Waals surface area contributed by atoms with E-state index < -0.39 is 11.5 Å². The number of fused-ring (bicyclic) bond motifs is 1. The lowest BCUT2D eigenvalue weighted by Gasteiger charge is -2.29. The zero-order chi connectivity index (χ0) is 17.4. The van der Waals surface area contributed by atoms with Gasteiger partial charge in [-0.25, -0.2) is 0 Å². The van der Waals surface area contributed by atoms with E-state index in [1.807, 2.05) is 0 Å². The van der Waals surface area contributed by atoms with Crippen LogP contribution in [0.15, 0.2) is 24.3 Å². The summed E-state index contributed by atoms with van der Waals surface area (Å²) in [5, 5.41) is 16.4. The Balaban J connectivity index is 1.76. The van der Waals surface area contributed by atoms with E-state index in [2.05, 4.69) is 41.8 Å². The third kappa shape index (κ3) is 4.81. The predicted octanol–water partition coefficient (Wildman–Crippen LogP) is 3.15. The highest BCUT2D eigenvalue weighted by atomic mass is 16.4. The van der Waals surface area contributed by atoms with E-state index in [1.54, 1.807) is 7.05 Å². The second kappa shape index (κ2) is 9.19. The molecule has 0 amide bonds. The van der Waals surface area contributed by atoms with Crippen molar-refractivity contribution in [3.05, 3.63) is 35.4 Å². The van der Waals surface area contributed by atoms with Crippen LogP contribution in [0.4, 0.5) is 0 Å². The van der Waals surface area contributed by atoms with E-state index in [9.17, 15) is 9.90 Å². The van der Waals surface area contributed by atoms with Crippen molar-refractivity contribution in [2.45, 2.75) is 69.9 Å². The molecule has 1 unspecified atom stereocenters. The largest absolute Gasteiger partial charge is 0.480 e. The number of aliphatic carboxylic acids is 1. The molecule has 0 saturated carbocycles. The lowest BCUT2D eigenvalue weighted by molar-refractivity contribution is -0.145. The number of likely N-dealkylation sites (N-methyl/N-ethyl adjacent to an activating group) is 1. The van der Waals surface area contributed by atoms with Gasteiger partial charge in [0.2, 0.25) is 0 Å². The average Bonchev–Trinajstić information content (AvgIpc) is 2.99. The first-order valence-corrected chi connectivity index (χ1v) is 9.34. The topological polar surface area (TPSA) is 61.4 Å². The van der Waals surface area contributed by atoms with Crippen molar-refractivity contribution in [1.82, 2.24) is 10.6 Å². The van der Waals surface area contributed by atoms with Crippen molar-refractivity contribution >= 4 is 5.97 Å². The summed E-state index contributed by atoms with van der Waals surface area (Å²) in [6.45, 7) is 3.02. The number of hydrogen-bond donors (Lipinski definition) is 3. The first-order valence-electron chi connectivity index (χ1n) is 9.34. The predicted molar refractivity (Wildman–Crippen MR) is 98.4 cm³/mol. The van der Waals surface area contributed by atoms with Gasteiger partial charge in [-0.2, -0.15) is 0 Å². The van der Waals surface area contributed by atoms with Crippen LogP contribution in [-0.2, 0) is 17.6 Å². The molecular formula is C20H32N2O2. The molecule has 1 aliphatic carbocycles. The van der Waals surface area contributed by atoms with Gasteiger partial charge in [-0.15, -0.1) is 0 Å². The summed E-state index contributed by atoms with van der Waals surface area (Å²) in [4.78, 5) is 11.8. The molecule has 0 aliphatic heterocycles. The van der Waals surface area contributed by atoms with Gasteiger partial charge in [0.25, 0.3) is 0 Å². The molecule has 0 bridgehead atoms. The Morgan fingerprint density at radius 3 is 2.33 bits per heavy atom. The fourth-order valence-electron chi connectivity index (χ4n) is 3.77. The molecule has 1 aromatic rings. The molecule has 1 aliphatic rings. The maximum atomic E-state index is 11.8. The van der Waals surface area contributed by atoms with E-state index in [1.165, 1.54) is 11.1 Å². The number of carbonyl (C=O) groups is 1. The van der Waals surface area contributed by atoms with Gasteiger partial charge in [-0.3, -0.25) is 4.79 Å². The molecule has 24 heavy (non-hydrogen) atoms. The minimum Gasteiger partial charge on any atom is -0.480 e. The van der Waals surface area contributed by atoms with Gasteiger partial charge in [-0.05, 0) is 56.8 Å². The Morgan fingerprint density at radius 2 is 1.79 bits per heavy atom. The smallest absolute Gasteiger partial charge is 0.323 e. The Morgan fingerprint density at radius 1 is 1.17 bits per heavy atom. The van der Waals surface area contributed by atoms with Gasteiger partial charge >= 0.3 is 5.97 Å². The highest BCUT2D eigenvalue weighted by Crippen LogP contribution is 2.23. The SMILES string of the molecule is CCCCCC(CCCNC1Cc2ccccc2C1)(NC)C(=O)O. The molecule has 0 heterocycles. The van der Waals surface area contributed by atoms with Crippen molar-refractivity contribution in [1.29, 1.82) is 0 Å². The average molecular weight is 332 g/mol. The number of hydrogen-bond acceptors (Lipinski definition) is 3. The van der Waals surface area contributed by atoms with E-state index in [0.717, 1.165) is 45.1 Å². The molecule has 3 N–H and O–H groups in total. The lowest BCUT2D eigenvalue weighted by atomic mass is 9.87. The van der Waals surface area contributed by atoms with Crippen LogP contribution in [0.25, 0.3) is 0 Å². The summed E-state index contributed by atoms with van der Waals surface area (Å²) in [5.74, 6) is -0.714. The summed E-state index contributed by atoms with van der Waals surface area (Å²) in [6.07, 6.45) is 7.61. The summed E-state index contributed by atoms with van der Waals surface area (Å²) in [7, 11) is 1.78. The quantitative estimate of drug-likeness (QED) is 0.545. The first kappa shape index (κ1) is 18.9. The minimum atomic E-state index is -0.768.